The zero-order valence-electron chi connectivity index (χ0n) is 8.58. The Labute approximate surface area is 83.7 Å². The lowest BCUT2D eigenvalue weighted by atomic mass is 9.94. The summed E-state index contributed by atoms with van der Waals surface area (Å²) in [6.07, 6.45) is 3.33. The van der Waals surface area contributed by atoms with Gasteiger partial charge >= 0.3 is 0 Å². The van der Waals surface area contributed by atoms with Crippen molar-refractivity contribution in [2.45, 2.75) is 25.4 Å². The molecular weight excluding hydrogens is 178 g/mol. The summed E-state index contributed by atoms with van der Waals surface area (Å²) in [6, 6.07) is 2.06. The van der Waals surface area contributed by atoms with Crippen LogP contribution in [0, 0.1) is 0 Å². The van der Waals surface area contributed by atoms with Crippen molar-refractivity contribution in [1.29, 1.82) is 0 Å². The molecule has 1 unspecified atom stereocenters. The number of ether oxygens (including phenoxy) is 1. The van der Waals surface area contributed by atoms with Crippen LogP contribution < -0.4 is 5.32 Å². The van der Waals surface area contributed by atoms with E-state index in [1.807, 2.05) is 7.05 Å². The van der Waals surface area contributed by atoms with Crippen molar-refractivity contribution in [2.75, 3.05) is 19.5 Å². The minimum Gasteiger partial charge on any atom is -0.381 e. The quantitative estimate of drug-likeness (QED) is 0.761. The molecule has 0 bridgehead atoms. The first kappa shape index (κ1) is 9.40. The second kappa shape index (κ2) is 3.92. The minimum atomic E-state index is 0.344. The highest BCUT2D eigenvalue weighted by Crippen LogP contribution is 2.22. The van der Waals surface area contributed by atoms with Gasteiger partial charge in [0.25, 0.3) is 0 Å². The average molecular weight is 193 g/mol. The number of aryl methyl sites for hydroxylation is 1. The van der Waals surface area contributed by atoms with Gasteiger partial charge in [0.15, 0.2) is 0 Å². The number of hydrogen-bond donors (Lipinski definition) is 1. The van der Waals surface area contributed by atoms with Crippen LogP contribution in [0.15, 0.2) is 6.07 Å². The lowest BCUT2D eigenvalue weighted by molar-refractivity contribution is 0.0904. The van der Waals surface area contributed by atoms with E-state index in [2.05, 4.69) is 21.6 Å². The molecule has 1 aromatic heterocycles. The predicted octanol–water partition coefficient (Wildman–Crippen LogP) is 1.02. The van der Waals surface area contributed by atoms with E-state index in [-0.39, 0.29) is 0 Å². The van der Waals surface area contributed by atoms with Crippen molar-refractivity contribution in [3.05, 3.63) is 17.3 Å². The molecule has 0 spiro atoms. The zero-order valence-corrected chi connectivity index (χ0v) is 8.58. The van der Waals surface area contributed by atoms with Gasteiger partial charge in [0.05, 0.1) is 11.8 Å². The van der Waals surface area contributed by atoms with Crippen LogP contribution >= 0.6 is 0 Å². The molecule has 4 nitrogen and oxygen atoms in total. The average Bonchev–Trinajstić information content (AvgIpc) is 2.27. The third kappa shape index (κ3) is 1.70. The monoisotopic (exact) mass is 193 g/mol. The summed E-state index contributed by atoms with van der Waals surface area (Å²) in [5.41, 5.74) is 2.39. The fourth-order valence-electron chi connectivity index (χ4n) is 1.81. The molecule has 0 aromatic carbocycles. The van der Waals surface area contributed by atoms with Crippen molar-refractivity contribution in [1.82, 2.24) is 10.2 Å². The van der Waals surface area contributed by atoms with E-state index in [1.165, 1.54) is 5.56 Å². The van der Waals surface area contributed by atoms with Crippen LogP contribution in [-0.2, 0) is 17.6 Å². The molecule has 1 aliphatic rings. The van der Waals surface area contributed by atoms with Crippen LogP contribution in [-0.4, -0.2) is 30.5 Å². The number of anilines is 1. The first-order chi connectivity index (χ1) is 6.83. The van der Waals surface area contributed by atoms with Crippen molar-refractivity contribution in [2.24, 2.45) is 0 Å². The van der Waals surface area contributed by atoms with E-state index in [0.29, 0.717) is 6.10 Å². The van der Waals surface area contributed by atoms with Crippen LogP contribution in [0.4, 0.5) is 5.82 Å². The molecule has 0 saturated carbocycles. The Morgan fingerprint density at radius 1 is 1.50 bits per heavy atom. The van der Waals surface area contributed by atoms with E-state index in [9.17, 15) is 0 Å². The lowest BCUT2D eigenvalue weighted by Crippen LogP contribution is -2.22. The summed E-state index contributed by atoms with van der Waals surface area (Å²) in [5.74, 6) is 0.834. The summed E-state index contributed by atoms with van der Waals surface area (Å²) < 4.78 is 5.35. The van der Waals surface area contributed by atoms with Gasteiger partial charge in [-0.25, -0.2) is 0 Å². The van der Waals surface area contributed by atoms with E-state index in [1.54, 1.807) is 7.11 Å². The SMILES string of the molecule is CNc1cc2c(nn1)CCC(OC)C2. The minimum absolute atomic E-state index is 0.344. The summed E-state index contributed by atoms with van der Waals surface area (Å²) in [7, 11) is 3.62. The molecule has 4 heteroatoms. The van der Waals surface area contributed by atoms with Crippen molar-refractivity contribution in [3.63, 3.8) is 0 Å². The van der Waals surface area contributed by atoms with E-state index >= 15 is 0 Å². The highest BCUT2D eigenvalue weighted by atomic mass is 16.5. The molecule has 14 heavy (non-hydrogen) atoms. The van der Waals surface area contributed by atoms with Crippen LogP contribution in [0.25, 0.3) is 0 Å². The lowest BCUT2D eigenvalue weighted by Gasteiger charge is -2.22. The number of hydrogen-bond acceptors (Lipinski definition) is 4. The Bertz CT molecular complexity index is 327. The first-order valence-electron chi connectivity index (χ1n) is 4.89. The fraction of sp³-hybridized carbons (Fsp3) is 0.600. The molecular formula is C10H15N3O. The van der Waals surface area contributed by atoms with Gasteiger partial charge in [0.2, 0.25) is 0 Å². The Hall–Kier alpha value is -1.16. The molecule has 1 aromatic rings. The number of rotatable bonds is 2. The van der Waals surface area contributed by atoms with Gasteiger partial charge in [0, 0.05) is 20.6 Å². The molecule has 0 fully saturated rings. The van der Waals surface area contributed by atoms with Gasteiger partial charge in [-0.3, -0.25) is 0 Å². The van der Waals surface area contributed by atoms with Gasteiger partial charge in [-0.2, -0.15) is 5.10 Å². The summed E-state index contributed by atoms with van der Waals surface area (Å²) in [6.45, 7) is 0. The van der Waals surface area contributed by atoms with Crippen LogP contribution in [0.3, 0.4) is 0 Å². The van der Waals surface area contributed by atoms with Crippen LogP contribution in [0.1, 0.15) is 17.7 Å². The smallest absolute Gasteiger partial charge is 0.148 e. The number of nitrogens with one attached hydrogen (secondary N) is 1. The summed E-state index contributed by atoms with van der Waals surface area (Å²) in [5, 5.41) is 11.2. The normalized spacial score (nSPS) is 20.3. The van der Waals surface area contributed by atoms with Gasteiger partial charge in [-0.05, 0) is 24.5 Å². The maximum atomic E-state index is 5.35. The van der Waals surface area contributed by atoms with Crippen molar-refractivity contribution < 1.29 is 4.74 Å². The standard InChI is InChI=1S/C10H15N3O/c1-11-10-6-7-5-8(14-2)3-4-9(7)12-13-10/h6,8H,3-5H2,1-2H3,(H,11,13). The third-order valence-corrected chi connectivity index (χ3v) is 2.70. The number of methoxy groups -OCH3 is 1. The van der Waals surface area contributed by atoms with Gasteiger partial charge < -0.3 is 10.1 Å². The van der Waals surface area contributed by atoms with Crippen molar-refractivity contribution in [3.8, 4) is 0 Å². The van der Waals surface area contributed by atoms with Gasteiger partial charge in [0.1, 0.15) is 5.82 Å². The largest absolute Gasteiger partial charge is 0.381 e. The molecule has 1 aliphatic carbocycles. The highest BCUT2D eigenvalue weighted by molar-refractivity contribution is 5.38. The van der Waals surface area contributed by atoms with Crippen LogP contribution in [0.5, 0.6) is 0 Å². The Balaban J connectivity index is 2.25. The molecule has 0 amide bonds. The van der Waals surface area contributed by atoms with E-state index in [0.717, 1.165) is 30.8 Å². The summed E-state index contributed by atoms with van der Waals surface area (Å²) in [4.78, 5) is 0. The molecule has 1 N–H and O–H groups in total. The highest BCUT2D eigenvalue weighted by Gasteiger charge is 2.19. The molecule has 0 aliphatic heterocycles. The molecule has 0 radical (unpaired) electrons. The van der Waals surface area contributed by atoms with Gasteiger partial charge in [-0.1, -0.05) is 0 Å². The topological polar surface area (TPSA) is 47.0 Å². The predicted molar refractivity (Wildman–Crippen MR) is 54.4 cm³/mol. The van der Waals surface area contributed by atoms with Crippen LogP contribution in [0.2, 0.25) is 0 Å². The van der Waals surface area contributed by atoms with Crippen molar-refractivity contribution >= 4 is 5.82 Å². The van der Waals surface area contributed by atoms with E-state index < -0.39 is 0 Å². The maximum absolute atomic E-state index is 5.35. The Kier molecular flexibility index (Phi) is 2.63. The molecule has 0 saturated heterocycles. The second-order valence-electron chi connectivity index (χ2n) is 3.55. The zero-order chi connectivity index (χ0) is 9.97. The molecule has 1 heterocycles. The fourth-order valence-corrected chi connectivity index (χ4v) is 1.81. The Morgan fingerprint density at radius 2 is 2.36 bits per heavy atom. The Morgan fingerprint density at radius 3 is 3.07 bits per heavy atom. The van der Waals surface area contributed by atoms with Gasteiger partial charge in [-0.15, -0.1) is 5.10 Å². The molecule has 1 atom stereocenters. The van der Waals surface area contributed by atoms with E-state index in [4.69, 9.17) is 4.74 Å². The number of aromatic nitrogens is 2. The second-order valence-corrected chi connectivity index (χ2v) is 3.55. The summed E-state index contributed by atoms with van der Waals surface area (Å²) >= 11 is 0. The third-order valence-electron chi connectivity index (χ3n) is 2.70. The number of fused-ring (bicyclic) bond motifs is 1. The number of nitrogens with zero attached hydrogens (tertiary/aromatic N) is 2. The maximum Gasteiger partial charge on any atom is 0.148 e. The molecule has 2 rings (SSSR count). The first-order valence-corrected chi connectivity index (χ1v) is 4.89. The molecule has 76 valence electrons.